The van der Waals surface area contributed by atoms with Crippen molar-refractivity contribution in [1.29, 1.82) is 0 Å². The van der Waals surface area contributed by atoms with Gasteiger partial charge >= 0.3 is 5.51 Å². The minimum Gasteiger partial charge on any atom is -0.741 e. The summed E-state index contributed by atoms with van der Waals surface area (Å²) in [5.74, 6) is 0. The fourth-order valence-corrected chi connectivity index (χ4v) is 5.53. The highest BCUT2D eigenvalue weighted by molar-refractivity contribution is 7.86. The largest absolute Gasteiger partial charge is 0.741 e. The van der Waals surface area contributed by atoms with E-state index in [1.54, 1.807) is 0 Å². The number of rotatable bonds is 2. The van der Waals surface area contributed by atoms with E-state index in [4.69, 9.17) is 13.0 Å². The van der Waals surface area contributed by atoms with Gasteiger partial charge in [-0.05, 0) is 29.8 Å². The molecular weight excluding hydrogens is 433 g/mol. The summed E-state index contributed by atoms with van der Waals surface area (Å²) in [6, 6.07) is 30.5. The summed E-state index contributed by atoms with van der Waals surface area (Å²) in [6.07, 6.45) is 0. The maximum Gasteiger partial charge on any atom is 0.485 e. The predicted molar refractivity (Wildman–Crippen MR) is 114 cm³/mol. The Morgan fingerprint density at radius 1 is 0.800 bits per heavy atom. The Bertz CT molecular complexity index is 1170. The second-order valence-corrected chi connectivity index (χ2v) is 9.82. The minimum atomic E-state index is -6.09. The van der Waals surface area contributed by atoms with Crippen LogP contribution in [0.4, 0.5) is 13.2 Å². The van der Waals surface area contributed by atoms with Crippen LogP contribution in [0.3, 0.4) is 0 Å². The Morgan fingerprint density at radius 3 is 1.80 bits per heavy atom. The van der Waals surface area contributed by atoms with Crippen LogP contribution in [0.15, 0.2) is 84.9 Å². The molecule has 3 aromatic carbocycles. The smallest absolute Gasteiger partial charge is 0.485 e. The van der Waals surface area contributed by atoms with Crippen molar-refractivity contribution in [2.45, 2.75) is 12.4 Å². The number of fused-ring (bicyclic) bond motifs is 1. The molecule has 0 aliphatic carbocycles. The van der Waals surface area contributed by atoms with Gasteiger partial charge in [-0.15, -0.1) is 0 Å². The minimum absolute atomic E-state index is 0.0387. The monoisotopic (exact) mass is 450 g/mol. The molecule has 4 rings (SSSR count). The molecule has 0 bridgehead atoms. The third-order valence-corrected chi connectivity index (χ3v) is 7.28. The van der Waals surface area contributed by atoms with Crippen molar-refractivity contribution in [3.05, 3.63) is 89.8 Å². The van der Waals surface area contributed by atoms with Crippen LogP contribution in [0.25, 0.3) is 26.1 Å². The van der Waals surface area contributed by atoms with Gasteiger partial charge in [0.2, 0.25) is 0 Å². The van der Waals surface area contributed by atoms with Crippen LogP contribution >= 0.6 is 10.5 Å². The van der Waals surface area contributed by atoms with E-state index in [1.807, 2.05) is 0 Å². The molecule has 1 heterocycles. The molecule has 0 saturated carbocycles. The van der Waals surface area contributed by atoms with Gasteiger partial charge in [-0.2, -0.15) is 13.2 Å². The highest BCUT2D eigenvalue weighted by Gasteiger charge is 2.37. The summed E-state index contributed by atoms with van der Waals surface area (Å²) in [5, 5.41) is 1.39. The molecule has 8 heteroatoms. The van der Waals surface area contributed by atoms with Gasteiger partial charge in [-0.1, -0.05) is 60.7 Å². The quantitative estimate of drug-likeness (QED) is 0.196. The normalized spacial score (nSPS) is 12.4. The van der Waals surface area contributed by atoms with Crippen LogP contribution in [0, 0.1) is 6.92 Å². The van der Waals surface area contributed by atoms with Gasteiger partial charge in [0, 0.05) is 28.3 Å². The Balaban J connectivity index is 0.000000275. The fraction of sp³-hybridized carbons (Fsp3) is 0.0909. The Labute approximate surface area is 175 Å². The van der Waals surface area contributed by atoms with Crippen molar-refractivity contribution >= 4 is 30.7 Å². The molecular formula is C22H17F3O3S2. The Morgan fingerprint density at radius 2 is 1.27 bits per heavy atom. The molecule has 0 saturated heterocycles. The van der Waals surface area contributed by atoms with Crippen LogP contribution in [0.2, 0.25) is 0 Å². The molecule has 0 N–H and O–H groups in total. The van der Waals surface area contributed by atoms with Crippen LogP contribution < -0.4 is 0 Å². The van der Waals surface area contributed by atoms with Gasteiger partial charge < -0.3 is 4.55 Å². The number of halogens is 3. The summed E-state index contributed by atoms with van der Waals surface area (Å²) >= 11 is 0. The average Bonchev–Trinajstić information content (AvgIpc) is 3.00. The molecule has 1 unspecified atom stereocenters. The van der Waals surface area contributed by atoms with Crippen LogP contribution in [-0.4, -0.2) is 18.5 Å². The zero-order valence-electron chi connectivity index (χ0n) is 15.8. The third kappa shape index (κ3) is 4.56. The van der Waals surface area contributed by atoms with E-state index in [0.29, 0.717) is 0 Å². The molecule has 3 nitrogen and oxygen atoms in total. The van der Waals surface area contributed by atoms with E-state index in [9.17, 15) is 13.2 Å². The van der Waals surface area contributed by atoms with E-state index >= 15 is 0 Å². The molecule has 0 spiro atoms. The van der Waals surface area contributed by atoms with Gasteiger partial charge in [0.25, 0.3) is 0 Å². The van der Waals surface area contributed by atoms with Gasteiger partial charge in [-0.25, -0.2) is 8.42 Å². The van der Waals surface area contributed by atoms with E-state index in [2.05, 4.69) is 91.9 Å². The standard InChI is InChI=1S/C21H17S.CHF3O3S/c1-16-21(17-10-4-2-5-11-17)19-14-8-9-15-20(19)22(16)18-12-6-3-7-13-18;2-1(3,4)8(5,6)7/h2-15H,1H3;(H,5,6,7)/q+1;/p-1. The van der Waals surface area contributed by atoms with Gasteiger partial charge in [-0.3, -0.25) is 0 Å². The molecule has 156 valence electrons. The van der Waals surface area contributed by atoms with Gasteiger partial charge in [0.15, 0.2) is 24.6 Å². The molecule has 0 fully saturated rings. The van der Waals surface area contributed by atoms with Gasteiger partial charge in [0.1, 0.15) is 0 Å². The summed E-state index contributed by atoms with van der Waals surface area (Å²) in [5.41, 5.74) is -2.92. The van der Waals surface area contributed by atoms with Crippen LogP contribution in [0.1, 0.15) is 4.88 Å². The van der Waals surface area contributed by atoms with Crippen LogP contribution in [-0.2, 0) is 10.1 Å². The molecule has 1 atom stereocenters. The lowest BCUT2D eigenvalue weighted by Crippen LogP contribution is -2.21. The first-order chi connectivity index (χ1) is 14.1. The molecule has 0 radical (unpaired) electrons. The van der Waals surface area contributed by atoms with Gasteiger partial charge in [0.05, 0.1) is 0 Å². The van der Waals surface area contributed by atoms with E-state index in [-0.39, 0.29) is 10.5 Å². The Kier molecular flexibility index (Phi) is 6.30. The maximum absolute atomic E-state index is 10.7. The van der Waals surface area contributed by atoms with E-state index in [0.717, 1.165) is 0 Å². The summed E-state index contributed by atoms with van der Waals surface area (Å²) < 4.78 is 60.4. The molecule has 1 aromatic heterocycles. The fourth-order valence-electron chi connectivity index (χ4n) is 3.13. The molecule has 0 aliphatic rings. The van der Waals surface area contributed by atoms with E-state index < -0.39 is 15.6 Å². The Hall–Kier alpha value is -2.68. The lowest BCUT2D eigenvalue weighted by Gasteiger charge is -2.08. The van der Waals surface area contributed by atoms with Crippen LogP contribution in [0.5, 0.6) is 0 Å². The summed E-state index contributed by atoms with van der Waals surface area (Å²) in [7, 11) is -6.05. The van der Waals surface area contributed by atoms with Crippen molar-refractivity contribution < 1.29 is 26.1 Å². The van der Waals surface area contributed by atoms with Crippen molar-refractivity contribution in [3.8, 4) is 16.0 Å². The number of hydrogen-bond donors (Lipinski definition) is 0. The van der Waals surface area contributed by atoms with Crippen molar-refractivity contribution in [2.75, 3.05) is 0 Å². The molecule has 0 aliphatic heterocycles. The molecule has 0 amide bonds. The molecule has 4 aromatic rings. The number of thiophene rings is 1. The average molecular weight is 451 g/mol. The second kappa shape index (κ2) is 8.59. The highest BCUT2D eigenvalue weighted by Crippen LogP contribution is 2.49. The first-order valence-electron chi connectivity index (χ1n) is 8.78. The highest BCUT2D eigenvalue weighted by atomic mass is 32.2. The van der Waals surface area contributed by atoms with Crippen molar-refractivity contribution in [1.82, 2.24) is 0 Å². The third-order valence-electron chi connectivity index (χ3n) is 4.36. The molecule has 30 heavy (non-hydrogen) atoms. The summed E-state index contributed by atoms with van der Waals surface area (Å²) in [6.45, 7) is 2.29. The lowest BCUT2D eigenvalue weighted by molar-refractivity contribution is -0.0517. The number of alkyl halides is 3. The second-order valence-electron chi connectivity index (χ2n) is 6.31. The maximum atomic E-state index is 10.7. The first kappa shape index (κ1) is 22.0. The lowest BCUT2D eigenvalue weighted by atomic mass is 10.0. The topological polar surface area (TPSA) is 57.2 Å². The van der Waals surface area contributed by atoms with Crippen molar-refractivity contribution in [2.24, 2.45) is 0 Å². The first-order valence-corrected chi connectivity index (χ1v) is 11.4. The SMILES string of the molecule is Cc1c(-c2ccccc2)c2ccccc2[s+]1-c1ccccc1.O=S(=O)([O-])C(F)(F)F. The predicted octanol–water partition coefficient (Wildman–Crippen LogP) is 6.60. The van der Waals surface area contributed by atoms with Crippen molar-refractivity contribution in [3.63, 3.8) is 0 Å². The summed E-state index contributed by atoms with van der Waals surface area (Å²) in [4.78, 5) is 2.87. The zero-order valence-corrected chi connectivity index (χ0v) is 17.4. The number of hydrogen-bond acceptors (Lipinski definition) is 3. The van der Waals surface area contributed by atoms with E-state index in [1.165, 1.54) is 31.0 Å². The number of benzene rings is 3. The zero-order chi connectivity index (χ0) is 21.9.